The summed E-state index contributed by atoms with van der Waals surface area (Å²) >= 11 is 5.68. The van der Waals surface area contributed by atoms with Crippen LogP contribution in [0.1, 0.15) is 12.8 Å². The molecule has 76 valence electrons. The zero-order chi connectivity index (χ0) is 9.97. The van der Waals surface area contributed by atoms with Crippen LogP contribution in [-0.4, -0.2) is 28.4 Å². The van der Waals surface area contributed by atoms with Gasteiger partial charge in [-0.3, -0.25) is 0 Å². The highest BCUT2D eigenvalue weighted by Gasteiger charge is 2.30. The van der Waals surface area contributed by atoms with Crippen LogP contribution in [0.4, 0.5) is 10.3 Å². The van der Waals surface area contributed by atoms with Gasteiger partial charge in [0.2, 0.25) is 5.95 Å². The third kappa shape index (κ3) is 2.12. The van der Waals surface area contributed by atoms with Crippen LogP contribution in [0.5, 0.6) is 0 Å². The van der Waals surface area contributed by atoms with Gasteiger partial charge < -0.3 is 4.90 Å². The first kappa shape index (κ1) is 9.65. The first-order chi connectivity index (χ1) is 6.81. The van der Waals surface area contributed by atoms with Gasteiger partial charge in [-0.1, -0.05) is 0 Å². The van der Waals surface area contributed by atoms with E-state index in [4.69, 9.17) is 11.6 Å². The second kappa shape index (κ2) is 4.09. The van der Waals surface area contributed by atoms with E-state index in [-0.39, 0.29) is 0 Å². The van der Waals surface area contributed by atoms with E-state index in [1.807, 2.05) is 4.90 Å². The molecule has 0 atom stereocenters. The van der Waals surface area contributed by atoms with E-state index >= 15 is 0 Å². The summed E-state index contributed by atoms with van der Waals surface area (Å²) in [5.41, 5.74) is 0. The standard InChI is InChI=1S/C9H11ClFN3/c10-3-4-14(8-1-2-8)9-12-5-7(11)6-13-9/h5-6,8H,1-4H2. The molecule has 1 aliphatic carbocycles. The summed E-state index contributed by atoms with van der Waals surface area (Å²) in [6.07, 6.45) is 4.67. The summed E-state index contributed by atoms with van der Waals surface area (Å²) in [6.45, 7) is 0.720. The van der Waals surface area contributed by atoms with Gasteiger partial charge in [0, 0.05) is 18.5 Å². The fraction of sp³-hybridized carbons (Fsp3) is 0.556. The van der Waals surface area contributed by atoms with Crippen molar-refractivity contribution >= 4 is 17.5 Å². The molecule has 14 heavy (non-hydrogen) atoms. The normalized spacial score (nSPS) is 15.6. The number of rotatable bonds is 4. The Morgan fingerprint density at radius 1 is 1.43 bits per heavy atom. The van der Waals surface area contributed by atoms with Gasteiger partial charge in [-0.25, -0.2) is 14.4 Å². The number of hydrogen-bond donors (Lipinski definition) is 0. The minimum Gasteiger partial charge on any atom is -0.337 e. The van der Waals surface area contributed by atoms with Gasteiger partial charge in [0.1, 0.15) is 0 Å². The quantitative estimate of drug-likeness (QED) is 0.718. The summed E-state index contributed by atoms with van der Waals surface area (Å²) in [5, 5.41) is 0. The van der Waals surface area contributed by atoms with Gasteiger partial charge in [-0.15, -0.1) is 11.6 Å². The van der Waals surface area contributed by atoms with Crippen molar-refractivity contribution < 1.29 is 4.39 Å². The van der Waals surface area contributed by atoms with Gasteiger partial charge in [0.05, 0.1) is 12.4 Å². The molecule has 3 nitrogen and oxygen atoms in total. The highest BCUT2D eigenvalue weighted by molar-refractivity contribution is 6.18. The van der Waals surface area contributed by atoms with E-state index in [1.54, 1.807) is 0 Å². The van der Waals surface area contributed by atoms with Crippen molar-refractivity contribution in [2.45, 2.75) is 18.9 Å². The lowest BCUT2D eigenvalue weighted by molar-refractivity contribution is 0.611. The van der Waals surface area contributed by atoms with Crippen LogP contribution in [0.15, 0.2) is 12.4 Å². The lowest BCUT2D eigenvalue weighted by Gasteiger charge is -2.20. The molecule has 1 fully saturated rings. The van der Waals surface area contributed by atoms with Crippen LogP contribution >= 0.6 is 11.6 Å². The number of hydrogen-bond acceptors (Lipinski definition) is 3. The molecule has 0 bridgehead atoms. The number of aromatic nitrogens is 2. The zero-order valence-electron chi connectivity index (χ0n) is 7.66. The van der Waals surface area contributed by atoms with Crippen LogP contribution in [0.25, 0.3) is 0 Å². The molecule has 0 unspecified atom stereocenters. The minimum atomic E-state index is -0.407. The number of alkyl halides is 1. The Morgan fingerprint density at radius 2 is 2.07 bits per heavy atom. The van der Waals surface area contributed by atoms with Crippen LogP contribution in [0.3, 0.4) is 0 Å². The lowest BCUT2D eigenvalue weighted by atomic mass is 10.5. The van der Waals surface area contributed by atoms with Gasteiger partial charge in [-0.05, 0) is 12.8 Å². The van der Waals surface area contributed by atoms with E-state index in [0.29, 0.717) is 17.9 Å². The summed E-state index contributed by atoms with van der Waals surface area (Å²) in [4.78, 5) is 9.91. The molecule has 0 amide bonds. The fourth-order valence-electron chi connectivity index (χ4n) is 1.38. The second-order valence-corrected chi connectivity index (χ2v) is 3.69. The maximum absolute atomic E-state index is 12.6. The molecule has 0 aromatic carbocycles. The van der Waals surface area contributed by atoms with Gasteiger partial charge in [-0.2, -0.15) is 0 Å². The summed E-state index contributed by atoms with van der Waals surface area (Å²) in [7, 11) is 0. The molecule has 1 aromatic heterocycles. The van der Waals surface area contributed by atoms with Crippen molar-refractivity contribution in [1.82, 2.24) is 9.97 Å². The molecule has 1 heterocycles. The molecule has 1 aliphatic rings. The first-order valence-electron chi connectivity index (χ1n) is 4.61. The van der Waals surface area contributed by atoms with Crippen molar-refractivity contribution in [1.29, 1.82) is 0 Å². The third-order valence-corrected chi connectivity index (χ3v) is 2.35. The van der Waals surface area contributed by atoms with E-state index in [2.05, 4.69) is 9.97 Å². The molecule has 0 saturated heterocycles. The largest absolute Gasteiger partial charge is 0.337 e. The molecule has 0 radical (unpaired) electrons. The first-order valence-corrected chi connectivity index (χ1v) is 5.15. The molecule has 1 saturated carbocycles. The molecule has 5 heteroatoms. The summed E-state index contributed by atoms with van der Waals surface area (Å²) in [6, 6.07) is 0.499. The average Bonchev–Trinajstić information content (AvgIpc) is 2.99. The number of halogens is 2. The zero-order valence-corrected chi connectivity index (χ0v) is 8.41. The molecule has 0 aliphatic heterocycles. The lowest BCUT2D eigenvalue weighted by Crippen LogP contribution is -2.29. The molecule has 2 rings (SSSR count). The molecule has 0 spiro atoms. The van der Waals surface area contributed by atoms with E-state index in [1.165, 1.54) is 12.4 Å². The Hall–Kier alpha value is -0.900. The van der Waals surface area contributed by atoms with Gasteiger partial charge >= 0.3 is 0 Å². The number of anilines is 1. The van der Waals surface area contributed by atoms with Crippen molar-refractivity contribution in [2.24, 2.45) is 0 Å². The van der Waals surface area contributed by atoms with Crippen molar-refractivity contribution in [3.63, 3.8) is 0 Å². The van der Waals surface area contributed by atoms with E-state index in [0.717, 1.165) is 19.4 Å². The van der Waals surface area contributed by atoms with E-state index in [9.17, 15) is 4.39 Å². The van der Waals surface area contributed by atoms with Crippen LogP contribution in [-0.2, 0) is 0 Å². The Bertz CT molecular complexity index is 299. The predicted octanol–water partition coefficient (Wildman–Crippen LogP) is 1.82. The third-order valence-electron chi connectivity index (χ3n) is 2.18. The molecule has 0 N–H and O–H groups in total. The second-order valence-electron chi connectivity index (χ2n) is 3.31. The molecular formula is C9H11ClFN3. The van der Waals surface area contributed by atoms with Crippen LogP contribution in [0.2, 0.25) is 0 Å². The minimum absolute atomic E-state index is 0.407. The van der Waals surface area contributed by atoms with Crippen molar-refractivity contribution in [3.05, 3.63) is 18.2 Å². The Morgan fingerprint density at radius 3 is 2.57 bits per heavy atom. The molecule has 1 aromatic rings. The fourth-order valence-corrected chi connectivity index (χ4v) is 1.56. The average molecular weight is 216 g/mol. The summed E-state index contributed by atoms with van der Waals surface area (Å²) < 4.78 is 12.6. The number of nitrogens with zero attached hydrogens (tertiary/aromatic N) is 3. The molecular weight excluding hydrogens is 205 g/mol. The highest BCUT2D eigenvalue weighted by atomic mass is 35.5. The van der Waals surface area contributed by atoms with Crippen LogP contribution < -0.4 is 4.90 Å². The summed E-state index contributed by atoms with van der Waals surface area (Å²) in [5.74, 6) is 0.710. The van der Waals surface area contributed by atoms with E-state index < -0.39 is 5.82 Å². The van der Waals surface area contributed by atoms with Crippen LogP contribution in [0, 0.1) is 5.82 Å². The monoisotopic (exact) mass is 215 g/mol. The van der Waals surface area contributed by atoms with Gasteiger partial charge in [0.25, 0.3) is 0 Å². The Kier molecular flexibility index (Phi) is 2.82. The Labute approximate surface area is 86.9 Å². The van der Waals surface area contributed by atoms with Crippen molar-refractivity contribution in [2.75, 3.05) is 17.3 Å². The Balaban J connectivity index is 2.13. The SMILES string of the molecule is Fc1cnc(N(CCCl)C2CC2)nc1. The highest BCUT2D eigenvalue weighted by Crippen LogP contribution is 2.29. The smallest absolute Gasteiger partial charge is 0.225 e. The van der Waals surface area contributed by atoms with Crippen molar-refractivity contribution in [3.8, 4) is 0 Å². The maximum Gasteiger partial charge on any atom is 0.225 e. The maximum atomic E-state index is 12.6. The topological polar surface area (TPSA) is 29.0 Å². The van der Waals surface area contributed by atoms with Gasteiger partial charge in [0.15, 0.2) is 5.82 Å². The predicted molar refractivity (Wildman–Crippen MR) is 53.1 cm³/mol.